The van der Waals surface area contributed by atoms with Gasteiger partial charge in [0.15, 0.2) is 0 Å². The van der Waals surface area contributed by atoms with Crippen LogP contribution >= 0.6 is 0 Å². The highest BCUT2D eigenvalue weighted by Gasteiger charge is 2.26. The Balaban J connectivity index is 1.59. The van der Waals surface area contributed by atoms with Crippen molar-refractivity contribution in [2.45, 2.75) is 52.6 Å². The normalized spacial score (nSPS) is 19.9. The van der Waals surface area contributed by atoms with Crippen LogP contribution in [0.3, 0.4) is 0 Å². The van der Waals surface area contributed by atoms with Gasteiger partial charge in [0.25, 0.3) is 0 Å². The van der Waals surface area contributed by atoms with Crippen molar-refractivity contribution in [2.24, 2.45) is 11.3 Å². The number of ether oxygens (including phenoxy) is 1. The molecule has 1 aromatic rings. The van der Waals surface area contributed by atoms with Gasteiger partial charge in [0.05, 0.1) is 6.61 Å². The van der Waals surface area contributed by atoms with Gasteiger partial charge in [0.2, 0.25) is 0 Å². The van der Waals surface area contributed by atoms with Gasteiger partial charge in [-0.2, -0.15) is 0 Å². The minimum atomic E-state index is 0.585. The van der Waals surface area contributed by atoms with Crippen molar-refractivity contribution in [2.75, 3.05) is 6.61 Å². The van der Waals surface area contributed by atoms with Crippen LogP contribution in [-0.2, 0) is 11.3 Å². The zero-order valence-corrected chi connectivity index (χ0v) is 11.8. The van der Waals surface area contributed by atoms with Crippen molar-refractivity contribution < 1.29 is 4.74 Å². The summed E-state index contributed by atoms with van der Waals surface area (Å²) >= 11 is 0. The van der Waals surface area contributed by atoms with Crippen molar-refractivity contribution in [3.63, 3.8) is 0 Å². The lowest BCUT2D eigenvalue weighted by Gasteiger charge is -2.34. The molecule has 0 unspecified atom stereocenters. The third-order valence-corrected chi connectivity index (χ3v) is 4.24. The molecule has 1 aromatic carbocycles. The molecule has 0 spiro atoms. The third kappa shape index (κ3) is 4.45. The van der Waals surface area contributed by atoms with E-state index in [0.717, 1.165) is 19.1 Å². The molecule has 0 N–H and O–H groups in total. The van der Waals surface area contributed by atoms with Crippen molar-refractivity contribution >= 4 is 0 Å². The molecule has 0 amide bonds. The van der Waals surface area contributed by atoms with Crippen LogP contribution in [0, 0.1) is 11.3 Å². The minimum absolute atomic E-state index is 0.585. The molecule has 1 heteroatoms. The summed E-state index contributed by atoms with van der Waals surface area (Å²) in [6, 6.07) is 10.4. The molecule has 1 saturated carbocycles. The van der Waals surface area contributed by atoms with E-state index in [0.29, 0.717) is 5.41 Å². The third-order valence-electron chi connectivity index (χ3n) is 4.24. The van der Waals surface area contributed by atoms with Gasteiger partial charge in [-0.05, 0) is 49.0 Å². The zero-order valence-electron chi connectivity index (χ0n) is 11.8. The van der Waals surface area contributed by atoms with Gasteiger partial charge in [0.1, 0.15) is 0 Å². The molecule has 0 bridgehead atoms. The summed E-state index contributed by atoms with van der Waals surface area (Å²) in [7, 11) is 0. The van der Waals surface area contributed by atoms with E-state index in [4.69, 9.17) is 4.74 Å². The standard InChI is InChI=1S/C17H26O/c1-17(2)11-8-15(9-12-17)10-13-18-14-16-6-4-3-5-7-16/h3-7,15H,8-14H2,1-2H3. The lowest BCUT2D eigenvalue weighted by molar-refractivity contribution is 0.0906. The van der Waals surface area contributed by atoms with E-state index in [1.807, 2.05) is 6.07 Å². The minimum Gasteiger partial charge on any atom is -0.377 e. The fourth-order valence-corrected chi connectivity index (χ4v) is 2.76. The summed E-state index contributed by atoms with van der Waals surface area (Å²) in [4.78, 5) is 0. The molecular formula is C17H26O. The van der Waals surface area contributed by atoms with Gasteiger partial charge in [-0.25, -0.2) is 0 Å². The predicted molar refractivity (Wildman–Crippen MR) is 76.5 cm³/mol. The first-order valence-electron chi connectivity index (χ1n) is 7.27. The molecule has 100 valence electrons. The van der Waals surface area contributed by atoms with Crippen LogP contribution in [0.15, 0.2) is 30.3 Å². The Kier molecular flexibility index (Phi) is 4.82. The summed E-state index contributed by atoms with van der Waals surface area (Å²) in [5.41, 5.74) is 1.86. The summed E-state index contributed by atoms with van der Waals surface area (Å²) in [6.07, 6.45) is 6.79. The first kappa shape index (κ1) is 13.6. The van der Waals surface area contributed by atoms with E-state index in [9.17, 15) is 0 Å². The molecule has 1 fully saturated rings. The molecule has 0 atom stereocenters. The summed E-state index contributed by atoms with van der Waals surface area (Å²) in [6.45, 7) is 6.48. The fourth-order valence-electron chi connectivity index (χ4n) is 2.76. The van der Waals surface area contributed by atoms with Gasteiger partial charge < -0.3 is 4.74 Å². The first-order valence-corrected chi connectivity index (χ1v) is 7.27. The summed E-state index contributed by atoms with van der Waals surface area (Å²) in [5, 5.41) is 0. The maximum absolute atomic E-state index is 5.77. The Bertz CT molecular complexity index is 332. The van der Waals surface area contributed by atoms with Gasteiger partial charge in [-0.1, -0.05) is 44.2 Å². The number of hydrogen-bond donors (Lipinski definition) is 0. The molecule has 0 heterocycles. The SMILES string of the molecule is CC1(C)CCC(CCOCc2ccccc2)CC1. The largest absolute Gasteiger partial charge is 0.377 e. The fraction of sp³-hybridized carbons (Fsp3) is 0.647. The molecule has 1 aliphatic carbocycles. The maximum atomic E-state index is 5.77. The Hall–Kier alpha value is -0.820. The Morgan fingerprint density at radius 1 is 1.11 bits per heavy atom. The van der Waals surface area contributed by atoms with Gasteiger partial charge >= 0.3 is 0 Å². The van der Waals surface area contributed by atoms with E-state index in [2.05, 4.69) is 38.1 Å². The van der Waals surface area contributed by atoms with E-state index < -0.39 is 0 Å². The summed E-state index contributed by atoms with van der Waals surface area (Å²) < 4.78 is 5.77. The smallest absolute Gasteiger partial charge is 0.0716 e. The van der Waals surface area contributed by atoms with Crippen LogP contribution in [0.4, 0.5) is 0 Å². The second kappa shape index (κ2) is 6.38. The predicted octanol–water partition coefficient (Wildman–Crippen LogP) is 4.81. The molecule has 0 aliphatic heterocycles. The van der Waals surface area contributed by atoms with Crippen LogP contribution in [0.1, 0.15) is 51.5 Å². The molecule has 2 rings (SSSR count). The van der Waals surface area contributed by atoms with E-state index in [1.165, 1.54) is 37.7 Å². The second-order valence-electron chi connectivity index (χ2n) is 6.43. The summed E-state index contributed by atoms with van der Waals surface area (Å²) in [5.74, 6) is 0.897. The number of benzene rings is 1. The Morgan fingerprint density at radius 3 is 2.44 bits per heavy atom. The highest BCUT2D eigenvalue weighted by atomic mass is 16.5. The van der Waals surface area contributed by atoms with Gasteiger partial charge in [-0.3, -0.25) is 0 Å². The zero-order chi connectivity index (χ0) is 12.8. The van der Waals surface area contributed by atoms with Crippen molar-refractivity contribution in [3.05, 3.63) is 35.9 Å². The average Bonchev–Trinajstić information content (AvgIpc) is 2.37. The monoisotopic (exact) mass is 246 g/mol. The number of hydrogen-bond acceptors (Lipinski definition) is 1. The lowest BCUT2D eigenvalue weighted by Crippen LogP contribution is -2.22. The quantitative estimate of drug-likeness (QED) is 0.677. The highest BCUT2D eigenvalue weighted by Crippen LogP contribution is 2.39. The van der Waals surface area contributed by atoms with E-state index in [-0.39, 0.29) is 0 Å². The topological polar surface area (TPSA) is 9.23 Å². The Labute approximate surface area is 112 Å². The lowest BCUT2D eigenvalue weighted by atomic mass is 9.72. The molecule has 18 heavy (non-hydrogen) atoms. The molecule has 1 aliphatic rings. The second-order valence-corrected chi connectivity index (χ2v) is 6.43. The van der Waals surface area contributed by atoms with Crippen molar-refractivity contribution in [1.29, 1.82) is 0 Å². The molecular weight excluding hydrogens is 220 g/mol. The average molecular weight is 246 g/mol. The maximum Gasteiger partial charge on any atom is 0.0716 e. The number of rotatable bonds is 5. The van der Waals surface area contributed by atoms with Crippen molar-refractivity contribution in [3.8, 4) is 0 Å². The molecule has 0 saturated heterocycles. The first-order chi connectivity index (χ1) is 8.66. The Morgan fingerprint density at radius 2 is 1.78 bits per heavy atom. The molecule has 0 radical (unpaired) electrons. The van der Waals surface area contributed by atoms with E-state index in [1.54, 1.807) is 0 Å². The van der Waals surface area contributed by atoms with Crippen molar-refractivity contribution in [1.82, 2.24) is 0 Å². The van der Waals surface area contributed by atoms with Crippen LogP contribution in [0.2, 0.25) is 0 Å². The molecule has 1 nitrogen and oxygen atoms in total. The van der Waals surface area contributed by atoms with Crippen LogP contribution < -0.4 is 0 Å². The van der Waals surface area contributed by atoms with Crippen LogP contribution in [0.5, 0.6) is 0 Å². The van der Waals surface area contributed by atoms with Crippen LogP contribution in [-0.4, -0.2) is 6.61 Å². The van der Waals surface area contributed by atoms with Crippen LogP contribution in [0.25, 0.3) is 0 Å². The van der Waals surface area contributed by atoms with Gasteiger partial charge in [0, 0.05) is 6.61 Å². The molecule has 0 aromatic heterocycles. The van der Waals surface area contributed by atoms with Gasteiger partial charge in [-0.15, -0.1) is 0 Å². The highest BCUT2D eigenvalue weighted by molar-refractivity contribution is 5.13. The van der Waals surface area contributed by atoms with E-state index >= 15 is 0 Å².